The zero-order valence-corrected chi connectivity index (χ0v) is 12.4. The van der Waals surface area contributed by atoms with Gasteiger partial charge in [0.2, 0.25) is 0 Å². The van der Waals surface area contributed by atoms with E-state index in [1.165, 1.54) is 25.9 Å². The first-order chi connectivity index (χ1) is 7.09. The highest BCUT2D eigenvalue weighted by Crippen LogP contribution is 2.37. The molecule has 1 fully saturated rings. The van der Waals surface area contributed by atoms with Crippen LogP contribution in [0.3, 0.4) is 0 Å². The van der Waals surface area contributed by atoms with Crippen molar-refractivity contribution in [3.8, 4) is 0 Å². The third-order valence-electron chi connectivity index (χ3n) is 3.92. The lowest BCUT2D eigenvalue weighted by molar-refractivity contribution is 0.0480. The highest BCUT2D eigenvalue weighted by Gasteiger charge is 2.33. The molecule has 0 aliphatic carbocycles. The van der Waals surface area contributed by atoms with Gasteiger partial charge >= 0.3 is 0 Å². The first-order valence-electron chi connectivity index (χ1n) is 6.83. The molecule has 0 aromatic heterocycles. The molecule has 1 aliphatic heterocycles. The topological polar surface area (TPSA) is 3.24 Å². The van der Waals surface area contributed by atoms with Crippen molar-refractivity contribution in [1.29, 1.82) is 0 Å². The molecule has 0 aromatic rings. The van der Waals surface area contributed by atoms with Crippen LogP contribution in [0.1, 0.15) is 61.3 Å². The van der Waals surface area contributed by atoms with Gasteiger partial charge in [0.15, 0.2) is 0 Å². The smallest absolute Gasteiger partial charge is 0.00700 e. The van der Waals surface area contributed by atoms with E-state index in [0.29, 0.717) is 10.8 Å². The van der Waals surface area contributed by atoms with E-state index in [-0.39, 0.29) is 0 Å². The fourth-order valence-corrected chi connectivity index (χ4v) is 2.85. The lowest BCUT2D eigenvalue weighted by atomic mass is 9.73. The van der Waals surface area contributed by atoms with Crippen LogP contribution < -0.4 is 0 Å². The van der Waals surface area contributed by atoms with Crippen molar-refractivity contribution in [3.05, 3.63) is 0 Å². The van der Waals surface area contributed by atoms with Gasteiger partial charge in [0.05, 0.1) is 0 Å². The Morgan fingerprint density at radius 2 is 1.62 bits per heavy atom. The average molecular weight is 225 g/mol. The van der Waals surface area contributed by atoms with Crippen LogP contribution in [0.2, 0.25) is 0 Å². The minimum Gasteiger partial charge on any atom is -0.300 e. The third-order valence-corrected chi connectivity index (χ3v) is 3.92. The molecule has 0 N–H and O–H groups in total. The maximum Gasteiger partial charge on any atom is 0.00700 e. The van der Waals surface area contributed by atoms with E-state index >= 15 is 0 Å². The molecule has 0 saturated carbocycles. The molecule has 1 heteroatoms. The molecule has 2 atom stereocenters. The van der Waals surface area contributed by atoms with Crippen LogP contribution in [0.5, 0.6) is 0 Å². The van der Waals surface area contributed by atoms with Crippen molar-refractivity contribution in [1.82, 2.24) is 4.90 Å². The zero-order chi connectivity index (χ0) is 12.6. The summed E-state index contributed by atoms with van der Waals surface area (Å²) >= 11 is 0. The van der Waals surface area contributed by atoms with E-state index < -0.39 is 0 Å². The van der Waals surface area contributed by atoms with Gasteiger partial charge in [-0.1, -0.05) is 41.5 Å². The molecule has 1 rings (SSSR count). The summed E-state index contributed by atoms with van der Waals surface area (Å²) in [6.07, 6.45) is 2.75. The fourth-order valence-electron chi connectivity index (χ4n) is 2.85. The number of rotatable bonds is 1. The SMILES string of the molecule is CC1CC(C(C)(C)C)CCN1CC(C)(C)C. The summed E-state index contributed by atoms with van der Waals surface area (Å²) in [5.41, 5.74) is 0.922. The third kappa shape index (κ3) is 4.08. The molecular formula is C15H31N. The highest BCUT2D eigenvalue weighted by molar-refractivity contribution is 4.86. The standard InChI is InChI=1S/C15H31N/c1-12-10-13(15(5,6)7)8-9-16(12)11-14(2,3)4/h12-13H,8-11H2,1-7H3. The normalized spacial score (nSPS) is 29.4. The first-order valence-corrected chi connectivity index (χ1v) is 6.83. The molecule has 1 aliphatic rings. The van der Waals surface area contributed by atoms with Crippen LogP contribution in [0, 0.1) is 16.7 Å². The number of piperidine rings is 1. The van der Waals surface area contributed by atoms with E-state index in [2.05, 4.69) is 53.4 Å². The maximum atomic E-state index is 2.68. The summed E-state index contributed by atoms with van der Waals surface area (Å²) in [7, 11) is 0. The number of likely N-dealkylation sites (tertiary alicyclic amines) is 1. The molecule has 96 valence electrons. The van der Waals surface area contributed by atoms with Crippen molar-refractivity contribution in [2.75, 3.05) is 13.1 Å². The Hall–Kier alpha value is -0.0400. The monoisotopic (exact) mass is 225 g/mol. The van der Waals surface area contributed by atoms with Gasteiger partial charge < -0.3 is 4.90 Å². The molecule has 0 spiro atoms. The quantitative estimate of drug-likeness (QED) is 0.647. The molecule has 2 unspecified atom stereocenters. The van der Waals surface area contributed by atoms with Crippen LogP contribution in [0.15, 0.2) is 0 Å². The Kier molecular flexibility index (Phi) is 4.10. The molecule has 0 bridgehead atoms. The predicted molar refractivity (Wildman–Crippen MR) is 72.7 cm³/mol. The van der Waals surface area contributed by atoms with Crippen molar-refractivity contribution in [2.45, 2.75) is 67.3 Å². The number of nitrogens with zero attached hydrogens (tertiary/aromatic N) is 1. The molecule has 1 heterocycles. The van der Waals surface area contributed by atoms with E-state index in [0.717, 1.165) is 12.0 Å². The summed E-state index contributed by atoms with van der Waals surface area (Å²) < 4.78 is 0. The van der Waals surface area contributed by atoms with E-state index in [9.17, 15) is 0 Å². The van der Waals surface area contributed by atoms with Gasteiger partial charge in [0.1, 0.15) is 0 Å². The molecule has 0 aromatic carbocycles. The Morgan fingerprint density at radius 1 is 1.06 bits per heavy atom. The summed E-state index contributed by atoms with van der Waals surface area (Å²) in [6, 6.07) is 0.761. The second-order valence-corrected chi connectivity index (χ2v) is 7.97. The van der Waals surface area contributed by atoms with Gasteiger partial charge in [0.25, 0.3) is 0 Å². The van der Waals surface area contributed by atoms with Gasteiger partial charge in [0, 0.05) is 12.6 Å². The van der Waals surface area contributed by atoms with Crippen LogP contribution in [-0.4, -0.2) is 24.0 Å². The minimum atomic E-state index is 0.433. The van der Waals surface area contributed by atoms with Crippen molar-refractivity contribution >= 4 is 0 Å². The Labute approximate surface area is 103 Å². The van der Waals surface area contributed by atoms with Crippen molar-refractivity contribution in [2.24, 2.45) is 16.7 Å². The van der Waals surface area contributed by atoms with Crippen LogP contribution in [0.4, 0.5) is 0 Å². The Bertz CT molecular complexity index is 219. The molecule has 1 nitrogen and oxygen atoms in total. The largest absolute Gasteiger partial charge is 0.300 e. The molecule has 0 amide bonds. The maximum absolute atomic E-state index is 2.68. The molecular weight excluding hydrogens is 194 g/mol. The van der Waals surface area contributed by atoms with Gasteiger partial charge in [-0.2, -0.15) is 0 Å². The number of hydrogen-bond donors (Lipinski definition) is 0. The van der Waals surface area contributed by atoms with E-state index in [1.54, 1.807) is 0 Å². The average Bonchev–Trinajstić information content (AvgIpc) is 2.04. The van der Waals surface area contributed by atoms with Gasteiger partial charge in [-0.3, -0.25) is 0 Å². The summed E-state index contributed by atoms with van der Waals surface area (Å²) in [6.45, 7) is 19.1. The second kappa shape index (κ2) is 4.68. The lowest BCUT2D eigenvalue weighted by Gasteiger charge is -2.44. The summed E-state index contributed by atoms with van der Waals surface area (Å²) in [5.74, 6) is 0.902. The Morgan fingerprint density at radius 3 is 2.00 bits per heavy atom. The lowest BCUT2D eigenvalue weighted by Crippen LogP contribution is -2.46. The van der Waals surface area contributed by atoms with Crippen LogP contribution in [-0.2, 0) is 0 Å². The molecule has 1 saturated heterocycles. The van der Waals surface area contributed by atoms with E-state index in [1.807, 2.05) is 0 Å². The summed E-state index contributed by atoms with van der Waals surface area (Å²) in [4.78, 5) is 2.68. The summed E-state index contributed by atoms with van der Waals surface area (Å²) in [5, 5.41) is 0. The van der Waals surface area contributed by atoms with Crippen molar-refractivity contribution < 1.29 is 0 Å². The second-order valence-electron chi connectivity index (χ2n) is 7.97. The molecule has 16 heavy (non-hydrogen) atoms. The van der Waals surface area contributed by atoms with Gasteiger partial charge in [-0.05, 0) is 43.1 Å². The minimum absolute atomic E-state index is 0.433. The Balaban J connectivity index is 2.53. The van der Waals surface area contributed by atoms with Crippen LogP contribution >= 0.6 is 0 Å². The van der Waals surface area contributed by atoms with Crippen molar-refractivity contribution in [3.63, 3.8) is 0 Å². The molecule has 0 radical (unpaired) electrons. The van der Waals surface area contributed by atoms with Gasteiger partial charge in [-0.25, -0.2) is 0 Å². The predicted octanol–water partition coefficient (Wildman–Crippen LogP) is 4.18. The van der Waals surface area contributed by atoms with Crippen LogP contribution in [0.25, 0.3) is 0 Å². The fraction of sp³-hybridized carbons (Fsp3) is 1.00. The highest BCUT2D eigenvalue weighted by atomic mass is 15.2. The van der Waals surface area contributed by atoms with E-state index in [4.69, 9.17) is 0 Å². The first kappa shape index (κ1) is 14.0. The van der Waals surface area contributed by atoms with Gasteiger partial charge in [-0.15, -0.1) is 0 Å². The number of hydrogen-bond acceptors (Lipinski definition) is 1. The zero-order valence-electron chi connectivity index (χ0n) is 12.4.